The molecule has 16 heavy (non-hydrogen) atoms. The van der Waals surface area contributed by atoms with Crippen molar-refractivity contribution in [1.82, 2.24) is 0 Å². The fourth-order valence-corrected chi connectivity index (χ4v) is 2.60. The Labute approximate surface area is 95.2 Å². The molecule has 0 unspecified atom stereocenters. The first kappa shape index (κ1) is 11.8. The third kappa shape index (κ3) is 1.83. The van der Waals surface area contributed by atoms with Crippen LogP contribution in [-0.2, 0) is 19.0 Å². The maximum absolute atomic E-state index is 11.7. The van der Waals surface area contributed by atoms with Gasteiger partial charge in [-0.1, -0.05) is 0 Å². The lowest BCUT2D eigenvalue weighted by Crippen LogP contribution is -2.47. The highest BCUT2D eigenvalue weighted by Crippen LogP contribution is 2.44. The number of esters is 1. The van der Waals surface area contributed by atoms with Crippen LogP contribution in [0.5, 0.6) is 0 Å². The Hall–Kier alpha value is -0.650. The van der Waals surface area contributed by atoms with Gasteiger partial charge < -0.3 is 19.9 Å². The molecule has 0 radical (unpaired) electrons. The van der Waals surface area contributed by atoms with Crippen LogP contribution in [0.25, 0.3) is 0 Å². The zero-order valence-electron chi connectivity index (χ0n) is 9.66. The van der Waals surface area contributed by atoms with Crippen LogP contribution in [0, 0.1) is 5.41 Å². The van der Waals surface area contributed by atoms with Crippen LogP contribution < -0.4 is 5.73 Å². The van der Waals surface area contributed by atoms with Gasteiger partial charge in [0.1, 0.15) is 0 Å². The Morgan fingerprint density at radius 1 is 1.25 bits per heavy atom. The highest BCUT2D eigenvalue weighted by atomic mass is 16.7. The van der Waals surface area contributed by atoms with Gasteiger partial charge in [0.05, 0.1) is 25.7 Å². The van der Waals surface area contributed by atoms with Crippen LogP contribution in [0.4, 0.5) is 0 Å². The summed E-state index contributed by atoms with van der Waals surface area (Å²) in [5, 5.41) is 0. The summed E-state index contributed by atoms with van der Waals surface area (Å²) >= 11 is 0. The highest BCUT2D eigenvalue weighted by molar-refractivity contribution is 5.77. The molecule has 92 valence electrons. The van der Waals surface area contributed by atoms with E-state index in [1.807, 2.05) is 0 Å². The molecule has 1 heterocycles. The van der Waals surface area contributed by atoms with E-state index < -0.39 is 11.2 Å². The lowest BCUT2D eigenvalue weighted by molar-refractivity contribution is -0.197. The van der Waals surface area contributed by atoms with Crippen LogP contribution in [0.15, 0.2) is 0 Å². The summed E-state index contributed by atoms with van der Waals surface area (Å²) in [5.41, 5.74) is 5.19. The van der Waals surface area contributed by atoms with E-state index in [4.69, 9.17) is 19.9 Å². The van der Waals surface area contributed by atoms with Crippen LogP contribution in [0.1, 0.15) is 25.7 Å². The van der Waals surface area contributed by atoms with Gasteiger partial charge >= 0.3 is 5.97 Å². The van der Waals surface area contributed by atoms with Gasteiger partial charge in [-0.2, -0.15) is 0 Å². The van der Waals surface area contributed by atoms with Crippen molar-refractivity contribution in [2.45, 2.75) is 31.5 Å². The van der Waals surface area contributed by atoms with Crippen molar-refractivity contribution in [3.63, 3.8) is 0 Å². The van der Waals surface area contributed by atoms with Crippen LogP contribution in [-0.4, -0.2) is 38.6 Å². The number of carbonyl (C=O) groups excluding carboxylic acids is 1. The molecule has 5 nitrogen and oxygen atoms in total. The van der Waals surface area contributed by atoms with Crippen molar-refractivity contribution in [2.75, 3.05) is 26.9 Å². The maximum atomic E-state index is 11.7. The number of nitrogens with two attached hydrogens (primary N) is 1. The first-order valence-corrected chi connectivity index (χ1v) is 5.73. The smallest absolute Gasteiger partial charge is 0.313 e. The summed E-state index contributed by atoms with van der Waals surface area (Å²) < 4.78 is 16.1. The summed E-state index contributed by atoms with van der Waals surface area (Å²) in [6, 6.07) is 0. The quantitative estimate of drug-likeness (QED) is 0.695. The Morgan fingerprint density at radius 2 is 1.81 bits per heavy atom. The third-order valence-electron chi connectivity index (χ3n) is 3.79. The molecule has 2 fully saturated rings. The number of rotatable bonds is 2. The molecule has 1 saturated carbocycles. The molecular weight excluding hydrogens is 210 g/mol. The Balaban J connectivity index is 2.03. The summed E-state index contributed by atoms with van der Waals surface area (Å²) in [5.74, 6) is -0.657. The molecule has 2 N–H and O–H groups in total. The van der Waals surface area contributed by atoms with E-state index in [1.54, 1.807) is 0 Å². The normalized spacial score (nSPS) is 26.9. The predicted molar refractivity (Wildman–Crippen MR) is 56.6 cm³/mol. The Bertz CT molecular complexity index is 263. The van der Waals surface area contributed by atoms with Crippen molar-refractivity contribution < 1.29 is 19.0 Å². The molecule has 0 amide bonds. The summed E-state index contributed by atoms with van der Waals surface area (Å²) in [4.78, 5) is 11.7. The van der Waals surface area contributed by atoms with Crippen molar-refractivity contribution in [1.29, 1.82) is 0 Å². The van der Waals surface area contributed by atoms with E-state index in [0.29, 0.717) is 32.6 Å². The van der Waals surface area contributed by atoms with Crippen LogP contribution in [0.2, 0.25) is 0 Å². The Morgan fingerprint density at radius 3 is 2.25 bits per heavy atom. The van der Waals surface area contributed by atoms with Gasteiger partial charge in [-0.05, 0) is 12.8 Å². The molecule has 1 spiro atoms. The second kappa shape index (κ2) is 4.31. The van der Waals surface area contributed by atoms with E-state index in [1.165, 1.54) is 7.11 Å². The number of hydrogen-bond donors (Lipinski definition) is 1. The Kier molecular flexibility index (Phi) is 3.19. The molecule has 1 saturated heterocycles. The zero-order chi connectivity index (χ0) is 11.6. The molecule has 0 atom stereocenters. The average molecular weight is 229 g/mol. The first-order chi connectivity index (χ1) is 7.66. The number of hydrogen-bond acceptors (Lipinski definition) is 5. The van der Waals surface area contributed by atoms with E-state index in [9.17, 15) is 4.79 Å². The van der Waals surface area contributed by atoms with Gasteiger partial charge in [0.25, 0.3) is 0 Å². The van der Waals surface area contributed by atoms with E-state index >= 15 is 0 Å². The monoisotopic (exact) mass is 229 g/mol. The minimum absolute atomic E-state index is 0.206. The number of ether oxygens (including phenoxy) is 3. The SMILES string of the molecule is COC(=O)C1(CN)CCC2(CC1)OCCO2. The van der Waals surface area contributed by atoms with Gasteiger partial charge in [0, 0.05) is 19.4 Å². The van der Waals surface area contributed by atoms with Gasteiger partial charge in [-0.25, -0.2) is 0 Å². The molecule has 0 aromatic carbocycles. The molecular formula is C11H19NO4. The summed E-state index contributed by atoms with van der Waals surface area (Å²) in [6.07, 6.45) is 2.80. The van der Waals surface area contributed by atoms with Gasteiger partial charge in [0.2, 0.25) is 0 Å². The molecule has 0 aromatic rings. The molecule has 2 aliphatic rings. The molecule has 0 aromatic heterocycles. The standard InChI is InChI=1S/C11H19NO4/c1-14-9(13)10(8-12)2-4-11(5-3-10)15-6-7-16-11/h2-8,12H2,1H3. The van der Waals surface area contributed by atoms with Crippen LogP contribution in [0.3, 0.4) is 0 Å². The van der Waals surface area contributed by atoms with Crippen molar-refractivity contribution in [3.05, 3.63) is 0 Å². The highest BCUT2D eigenvalue weighted by Gasteiger charge is 2.49. The first-order valence-electron chi connectivity index (χ1n) is 5.73. The number of carbonyl (C=O) groups is 1. The second-order valence-corrected chi connectivity index (χ2v) is 4.58. The molecule has 1 aliphatic carbocycles. The third-order valence-corrected chi connectivity index (χ3v) is 3.79. The van der Waals surface area contributed by atoms with Gasteiger partial charge in [-0.15, -0.1) is 0 Å². The van der Waals surface area contributed by atoms with E-state index in [2.05, 4.69) is 0 Å². The number of methoxy groups -OCH3 is 1. The van der Waals surface area contributed by atoms with Gasteiger partial charge in [-0.3, -0.25) is 4.79 Å². The lowest BCUT2D eigenvalue weighted by atomic mass is 9.72. The van der Waals surface area contributed by atoms with Crippen molar-refractivity contribution in [3.8, 4) is 0 Å². The van der Waals surface area contributed by atoms with E-state index in [-0.39, 0.29) is 5.97 Å². The zero-order valence-corrected chi connectivity index (χ0v) is 9.66. The molecule has 1 aliphatic heterocycles. The average Bonchev–Trinajstić information content (AvgIpc) is 2.78. The molecule has 0 bridgehead atoms. The van der Waals surface area contributed by atoms with Crippen molar-refractivity contribution in [2.24, 2.45) is 11.1 Å². The molecule has 2 rings (SSSR count). The van der Waals surface area contributed by atoms with Crippen LogP contribution >= 0.6 is 0 Å². The van der Waals surface area contributed by atoms with Gasteiger partial charge in [0.15, 0.2) is 5.79 Å². The topological polar surface area (TPSA) is 70.8 Å². The molecule has 5 heteroatoms. The minimum atomic E-state index is -0.532. The fourth-order valence-electron chi connectivity index (χ4n) is 2.60. The largest absolute Gasteiger partial charge is 0.469 e. The fraction of sp³-hybridized carbons (Fsp3) is 0.909. The van der Waals surface area contributed by atoms with E-state index in [0.717, 1.165) is 12.8 Å². The predicted octanol–water partition coefficient (Wildman–Crippen LogP) is 0.422. The van der Waals surface area contributed by atoms with Crippen molar-refractivity contribution >= 4 is 5.97 Å². The lowest BCUT2D eigenvalue weighted by Gasteiger charge is -2.41. The maximum Gasteiger partial charge on any atom is 0.313 e. The summed E-state index contributed by atoms with van der Waals surface area (Å²) in [7, 11) is 1.41. The summed E-state index contributed by atoms with van der Waals surface area (Å²) in [6.45, 7) is 1.62. The second-order valence-electron chi connectivity index (χ2n) is 4.58. The minimum Gasteiger partial charge on any atom is -0.469 e.